The number of nitrogens with two attached hydrogens (primary N) is 1. The minimum absolute atomic E-state index is 0.0206. The van der Waals surface area contributed by atoms with Gasteiger partial charge in [0.25, 0.3) is 0 Å². The number of hydrogen-bond donors (Lipinski definition) is 8. The van der Waals surface area contributed by atoms with Crippen LogP contribution in [0.25, 0.3) is 0 Å². The molecule has 9 aromatic rings. The van der Waals surface area contributed by atoms with E-state index in [-0.39, 0.29) is 70.0 Å². The second-order valence-electron chi connectivity index (χ2n) is 24.0. The largest absolute Gasteiger partial charge is 0.508 e. The number of nitrogens with zero attached hydrogens (tertiary/aromatic N) is 1. The zero-order valence-corrected chi connectivity index (χ0v) is 56.4. The number of anilines is 3. The Kier molecular flexibility index (Phi) is 21.2. The average molecular weight is 1310 g/mol. The number of hydrogen-bond acceptors (Lipinski definition) is 18. The third kappa shape index (κ3) is 13.5. The molecule has 3 heterocycles. The molecule has 0 saturated heterocycles. The summed E-state index contributed by atoms with van der Waals surface area (Å²) in [6, 6.07) is 46.8. The highest BCUT2D eigenvalue weighted by Crippen LogP contribution is 2.55. The number of ether oxygens (including phenoxy) is 9. The lowest BCUT2D eigenvalue weighted by molar-refractivity contribution is 0.244. The highest BCUT2D eigenvalue weighted by atomic mass is 16.5. The van der Waals surface area contributed by atoms with Crippen molar-refractivity contribution in [3.05, 3.63) is 212 Å². The fourth-order valence-corrected chi connectivity index (χ4v) is 13.6. The van der Waals surface area contributed by atoms with Crippen molar-refractivity contribution in [1.29, 1.82) is 0 Å². The van der Waals surface area contributed by atoms with Crippen LogP contribution >= 0.6 is 0 Å². The molecule has 0 spiro atoms. The molecule has 9 N–H and O–H groups in total. The van der Waals surface area contributed by atoms with E-state index >= 15 is 0 Å². The predicted octanol–water partition coefficient (Wildman–Crippen LogP) is 15.1. The standard InChI is InChI=1S/C28H33NO5.C26H29NO5.C24H25NO5/c1-6-29(7-2)20-10-8-18(9-11-20)26-21-12-13-23(30)17(3)28(21)34-16-22(26)19-14-24(32-4)27(31)25(15-19)33-5;1-5-27-18-8-6-16(7-9-18)24-19-10-11-21(28)15(2)26(19)32-14-20(24)17-12-22(30-3)25(29)23(13-17)31-4;1-13-19(26)9-8-17-22(14-4-6-16(25)7-5-14)18(12-30-24(13)17)15-10-20(28-2)23(27)21(11-15)29-3/h8-15,22,26,30-31H,6-7,16H2,1-5H3;6-13,20,24,27-29H,5,14H2,1-4H3;4-11,18,22,26-27H,12,25H2,1-3H3. The lowest BCUT2D eigenvalue weighted by Crippen LogP contribution is -2.26. The molecule has 0 saturated carbocycles. The van der Waals surface area contributed by atoms with Gasteiger partial charge in [0.15, 0.2) is 34.5 Å². The van der Waals surface area contributed by atoms with Gasteiger partial charge in [-0.1, -0.05) is 54.6 Å². The van der Waals surface area contributed by atoms with E-state index in [1.807, 2.05) is 99.6 Å². The molecule has 504 valence electrons. The monoisotopic (exact) mass is 1310 g/mol. The number of phenols is 6. The SMILES string of the molecule is CCN(CC)c1ccc(C2c3ccc(O)c(C)c3OCC2c2cc(OC)c(O)c(OC)c2)cc1.CCNc1ccc(C2c3ccc(O)c(C)c3OCC2c2cc(OC)c(O)c(OC)c2)cc1.COc1cc(C2COc3c(ccc(O)c3C)C2c2ccc(N)cc2)cc(OC)c1O. The fraction of sp³-hybridized carbons (Fsp3) is 0.308. The maximum absolute atomic E-state index is 10.4. The number of nitrogen functional groups attached to an aromatic ring is 1. The van der Waals surface area contributed by atoms with Gasteiger partial charge in [-0.3, -0.25) is 0 Å². The van der Waals surface area contributed by atoms with Gasteiger partial charge in [0.1, 0.15) is 34.5 Å². The minimum atomic E-state index is -0.0755. The van der Waals surface area contributed by atoms with Gasteiger partial charge in [-0.05, 0) is 166 Å². The van der Waals surface area contributed by atoms with E-state index in [1.165, 1.54) is 48.3 Å². The van der Waals surface area contributed by atoms with Crippen LogP contribution in [0.5, 0.6) is 86.2 Å². The Morgan fingerprint density at radius 3 is 0.948 bits per heavy atom. The van der Waals surface area contributed by atoms with Crippen LogP contribution < -0.4 is 58.6 Å². The Morgan fingerprint density at radius 1 is 0.396 bits per heavy atom. The van der Waals surface area contributed by atoms with E-state index in [9.17, 15) is 30.6 Å². The van der Waals surface area contributed by atoms with Gasteiger partial charge >= 0.3 is 0 Å². The summed E-state index contributed by atoms with van der Waals surface area (Å²) in [5.74, 6) is 4.55. The lowest BCUT2D eigenvalue weighted by atomic mass is 9.75. The van der Waals surface area contributed by atoms with E-state index in [0.29, 0.717) is 71.3 Å². The van der Waals surface area contributed by atoms with Crippen molar-refractivity contribution in [2.45, 2.75) is 77.0 Å². The van der Waals surface area contributed by atoms with Crippen LogP contribution in [0, 0.1) is 20.8 Å². The first-order chi connectivity index (χ1) is 46.3. The van der Waals surface area contributed by atoms with Crippen LogP contribution in [0.2, 0.25) is 0 Å². The summed E-state index contributed by atoms with van der Waals surface area (Å²) in [6.07, 6.45) is 0. The number of rotatable bonds is 17. The van der Waals surface area contributed by atoms with Crippen molar-refractivity contribution in [1.82, 2.24) is 0 Å². The third-order valence-electron chi connectivity index (χ3n) is 18.8. The molecule has 18 nitrogen and oxygen atoms in total. The zero-order valence-electron chi connectivity index (χ0n) is 56.4. The van der Waals surface area contributed by atoms with Gasteiger partial charge in [0.2, 0.25) is 17.2 Å². The van der Waals surface area contributed by atoms with Gasteiger partial charge in [0, 0.05) is 106 Å². The van der Waals surface area contributed by atoms with Crippen molar-refractivity contribution in [3.63, 3.8) is 0 Å². The highest BCUT2D eigenvalue weighted by molar-refractivity contribution is 5.64. The molecular weight excluding hydrogens is 1220 g/mol. The molecule has 0 radical (unpaired) electrons. The Labute approximate surface area is 561 Å². The fourth-order valence-electron chi connectivity index (χ4n) is 13.6. The molecular formula is C78H87N3O15. The van der Waals surface area contributed by atoms with E-state index in [4.69, 9.17) is 48.4 Å². The maximum Gasteiger partial charge on any atom is 0.200 e. The van der Waals surface area contributed by atoms with Crippen LogP contribution in [0.3, 0.4) is 0 Å². The zero-order chi connectivity index (χ0) is 68.6. The number of methoxy groups -OCH3 is 6. The molecule has 3 aliphatic heterocycles. The quantitative estimate of drug-likeness (QED) is 0.0395. The van der Waals surface area contributed by atoms with E-state index in [0.717, 1.165) is 98.0 Å². The summed E-state index contributed by atoms with van der Waals surface area (Å²) in [5.41, 5.74) is 20.2. The number of nitrogens with one attached hydrogen (secondary N) is 1. The molecule has 0 fully saturated rings. The number of fused-ring (bicyclic) bond motifs is 3. The molecule has 18 heteroatoms. The smallest absolute Gasteiger partial charge is 0.200 e. The molecule has 9 aromatic carbocycles. The summed E-state index contributed by atoms with van der Waals surface area (Å²) in [6.45, 7) is 15.9. The Hall–Kier alpha value is -10.6. The van der Waals surface area contributed by atoms with E-state index in [2.05, 4.69) is 79.5 Å². The van der Waals surface area contributed by atoms with Crippen molar-refractivity contribution in [3.8, 4) is 86.2 Å². The summed E-state index contributed by atoms with van der Waals surface area (Å²) in [5, 5.41) is 65.2. The summed E-state index contributed by atoms with van der Waals surface area (Å²) in [7, 11) is 9.12. The van der Waals surface area contributed by atoms with Gasteiger partial charge in [-0.15, -0.1) is 0 Å². The maximum atomic E-state index is 10.4. The molecule has 96 heavy (non-hydrogen) atoms. The van der Waals surface area contributed by atoms with E-state index < -0.39 is 0 Å². The van der Waals surface area contributed by atoms with Gasteiger partial charge in [-0.25, -0.2) is 0 Å². The predicted molar refractivity (Wildman–Crippen MR) is 374 cm³/mol. The lowest BCUT2D eigenvalue weighted by Gasteiger charge is -2.36. The number of phenolic OH excluding ortho intramolecular Hbond substituents is 6. The molecule has 0 bridgehead atoms. The molecule has 0 amide bonds. The number of benzene rings is 9. The molecule has 3 aliphatic rings. The molecule has 0 aromatic heterocycles. The normalized spacial score (nSPS) is 17.3. The highest BCUT2D eigenvalue weighted by Gasteiger charge is 2.39. The van der Waals surface area contributed by atoms with E-state index in [1.54, 1.807) is 18.2 Å². The van der Waals surface area contributed by atoms with Crippen molar-refractivity contribution >= 4 is 17.1 Å². The summed E-state index contributed by atoms with van der Waals surface area (Å²) < 4.78 is 50.9. The second kappa shape index (κ2) is 29.8. The third-order valence-corrected chi connectivity index (χ3v) is 18.8. The first kappa shape index (κ1) is 68.2. The van der Waals surface area contributed by atoms with Crippen molar-refractivity contribution in [2.24, 2.45) is 0 Å². The van der Waals surface area contributed by atoms with Crippen LogP contribution in [0.1, 0.15) is 123 Å². The Balaban J connectivity index is 0.000000157. The van der Waals surface area contributed by atoms with Gasteiger partial charge in [0.05, 0.1) is 62.5 Å². The first-order valence-corrected chi connectivity index (χ1v) is 32.1. The summed E-state index contributed by atoms with van der Waals surface area (Å²) >= 11 is 0. The first-order valence-electron chi connectivity index (χ1n) is 32.1. The molecule has 0 aliphatic carbocycles. The van der Waals surface area contributed by atoms with Crippen LogP contribution in [0.4, 0.5) is 17.1 Å². The number of aromatic hydroxyl groups is 6. The van der Waals surface area contributed by atoms with Gasteiger partial charge < -0.3 is 89.2 Å². The van der Waals surface area contributed by atoms with Crippen LogP contribution in [0.15, 0.2) is 146 Å². The van der Waals surface area contributed by atoms with Gasteiger partial charge in [-0.2, -0.15) is 0 Å². The molecule has 12 rings (SSSR count). The minimum Gasteiger partial charge on any atom is -0.508 e. The van der Waals surface area contributed by atoms with Crippen molar-refractivity contribution in [2.75, 3.05) is 98.1 Å². The molecule has 6 unspecified atom stereocenters. The molecule has 6 atom stereocenters. The Bertz CT molecular complexity index is 4120. The second-order valence-corrected chi connectivity index (χ2v) is 24.0. The summed E-state index contributed by atoms with van der Waals surface area (Å²) in [4.78, 5) is 2.32. The Morgan fingerprint density at radius 2 is 0.677 bits per heavy atom. The van der Waals surface area contributed by atoms with Crippen molar-refractivity contribution < 1.29 is 73.3 Å². The van der Waals surface area contributed by atoms with Crippen LogP contribution in [-0.2, 0) is 0 Å². The average Bonchev–Trinajstić information content (AvgIpc) is 0.769. The van der Waals surface area contributed by atoms with Crippen LogP contribution in [-0.4, -0.2) is 113 Å². The topological polar surface area (TPSA) is 246 Å².